The summed E-state index contributed by atoms with van der Waals surface area (Å²) < 4.78 is 1.74. The summed E-state index contributed by atoms with van der Waals surface area (Å²) in [6.07, 6.45) is 1.98. The van der Waals surface area contributed by atoms with Crippen LogP contribution in [-0.2, 0) is 6.54 Å². The van der Waals surface area contributed by atoms with Crippen molar-refractivity contribution in [3.63, 3.8) is 0 Å². The van der Waals surface area contributed by atoms with Gasteiger partial charge in [-0.05, 0) is 12.5 Å². The van der Waals surface area contributed by atoms with Crippen molar-refractivity contribution in [1.82, 2.24) is 9.78 Å². The normalized spacial score (nSPS) is 10.9. The molecule has 0 atom stereocenters. The molecule has 1 N–H and O–H groups in total. The number of nitro benzene ring substituents is 1. The van der Waals surface area contributed by atoms with Crippen LogP contribution in [0.1, 0.15) is 19.8 Å². The van der Waals surface area contributed by atoms with Gasteiger partial charge in [0.25, 0.3) is 11.2 Å². The molecule has 0 bridgehead atoms. The number of hydrogen-bond donors (Lipinski definition) is 1. The number of aromatic amines is 1. The number of unbranched alkanes of at least 4 members (excludes halogenated alkanes) is 1. The van der Waals surface area contributed by atoms with Crippen LogP contribution in [0.15, 0.2) is 23.0 Å². The van der Waals surface area contributed by atoms with Crippen molar-refractivity contribution in [1.29, 1.82) is 0 Å². The number of hydrogen-bond acceptors (Lipinski definition) is 3. The fraction of sp³-hybridized carbons (Fsp3) is 0.364. The van der Waals surface area contributed by atoms with Gasteiger partial charge in [-0.25, -0.2) is 0 Å². The van der Waals surface area contributed by atoms with Gasteiger partial charge in [-0.1, -0.05) is 13.3 Å². The number of non-ortho nitro benzene ring substituents is 1. The minimum atomic E-state index is -0.498. The molecule has 0 radical (unpaired) electrons. The summed E-state index contributed by atoms with van der Waals surface area (Å²) in [4.78, 5) is 21.8. The standard InChI is InChI=1S/C11H13N3O3/c1-2-3-6-13-10-5-4-8(14(16)17)7-9(10)11(15)12-13/h4-5,7H,2-3,6H2,1H3,(H,12,15). The number of benzene rings is 1. The molecule has 6 heteroatoms. The van der Waals surface area contributed by atoms with Crippen LogP contribution in [0.5, 0.6) is 0 Å². The highest BCUT2D eigenvalue weighted by Crippen LogP contribution is 2.18. The van der Waals surface area contributed by atoms with Crippen molar-refractivity contribution in [3.8, 4) is 0 Å². The van der Waals surface area contributed by atoms with Gasteiger partial charge in [-0.15, -0.1) is 0 Å². The van der Waals surface area contributed by atoms with E-state index in [0.717, 1.165) is 12.8 Å². The Morgan fingerprint density at radius 2 is 2.24 bits per heavy atom. The lowest BCUT2D eigenvalue weighted by atomic mass is 10.2. The molecule has 0 fully saturated rings. The highest BCUT2D eigenvalue weighted by Gasteiger charge is 2.11. The number of nitrogens with one attached hydrogen (secondary N) is 1. The van der Waals surface area contributed by atoms with E-state index in [9.17, 15) is 14.9 Å². The molecule has 0 spiro atoms. The average Bonchev–Trinajstić information content (AvgIpc) is 2.63. The molecule has 17 heavy (non-hydrogen) atoms. The Bertz CT molecular complexity index is 612. The van der Waals surface area contributed by atoms with Gasteiger partial charge >= 0.3 is 0 Å². The molecular formula is C11H13N3O3. The van der Waals surface area contributed by atoms with Crippen LogP contribution in [0.2, 0.25) is 0 Å². The molecule has 0 unspecified atom stereocenters. The summed E-state index contributed by atoms with van der Waals surface area (Å²) in [6, 6.07) is 4.34. The summed E-state index contributed by atoms with van der Waals surface area (Å²) in [5, 5.41) is 13.7. The number of fused-ring (bicyclic) bond motifs is 1. The van der Waals surface area contributed by atoms with Gasteiger partial charge in [-0.2, -0.15) is 0 Å². The molecule has 2 rings (SSSR count). The van der Waals surface area contributed by atoms with Crippen molar-refractivity contribution in [2.24, 2.45) is 0 Å². The number of H-pyrrole nitrogens is 1. The fourth-order valence-electron chi connectivity index (χ4n) is 1.79. The molecule has 1 aromatic carbocycles. The number of nitro groups is 1. The Kier molecular flexibility index (Phi) is 2.95. The first-order valence-corrected chi connectivity index (χ1v) is 5.50. The molecule has 2 aromatic rings. The Balaban J connectivity index is 2.53. The van der Waals surface area contributed by atoms with E-state index in [1.807, 2.05) is 0 Å². The van der Waals surface area contributed by atoms with E-state index in [-0.39, 0.29) is 11.2 Å². The van der Waals surface area contributed by atoms with Crippen LogP contribution in [-0.4, -0.2) is 14.7 Å². The second-order valence-corrected chi connectivity index (χ2v) is 3.90. The van der Waals surface area contributed by atoms with E-state index in [1.165, 1.54) is 12.1 Å². The van der Waals surface area contributed by atoms with Crippen LogP contribution in [0.4, 0.5) is 5.69 Å². The monoisotopic (exact) mass is 235 g/mol. The first-order valence-electron chi connectivity index (χ1n) is 5.50. The van der Waals surface area contributed by atoms with Crippen molar-refractivity contribution >= 4 is 16.6 Å². The Morgan fingerprint density at radius 3 is 2.88 bits per heavy atom. The first-order chi connectivity index (χ1) is 8.13. The second kappa shape index (κ2) is 4.40. The van der Waals surface area contributed by atoms with E-state index in [1.54, 1.807) is 10.7 Å². The van der Waals surface area contributed by atoms with Gasteiger partial charge in [0.15, 0.2) is 0 Å². The molecule has 6 nitrogen and oxygen atoms in total. The van der Waals surface area contributed by atoms with E-state index in [2.05, 4.69) is 12.0 Å². The van der Waals surface area contributed by atoms with Crippen molar-refractivity contribution in [2.45, 2.75) is 26.3 Å². The predicted molar refractivity (Wildman–Crippen MR) is 64.1 cm³/mol. The zero-order valence-corrected chi connectivity index (χ0v) is 9.47. The smallest absolute Gasteiger partial charge is 0.272 e. The average molecular weight is 235 g/mol. The third-order valence-corrected chi connectivity index (χ3v) is 2.70. The summed E-state index contributed by atoms with van der Waals surface area (Å²) in [5.41, 5.74) is 0.380. The minimum absolute atomic E-state index is 0.0590. The molecule has 90 valence electrons. The third-order valence-electron chi connectivity index (χ3n) is 2.70. The number of aryl methyl sites for hydroxylation is 1. The van der Waals surface area contributed by atoms with E-state index >= 15 is 0 Å². The van der Waals surface area contributed by atoms with Gasteiger partial charge in [0.05, 0.1) is 15.8 Å². The fourth-order valence-corrected chi connectivity index (χ4v) is 1.79. The lowest BCUT2D eigenvalue weighted by molar-refractivity contribution is -0.384. The van der Waals surface area contributed by atoms with Crippen LogP contribution in [0.25, 0.3) is 10.9 Å². The van der Waals surface area contributed by atoms with Gasteiger partial charge in [-0.3, -0.25) is 24.7 Å². The maximum absolute atomic E-state index is 11.6. The number of aromatic nitrogens is 2. The van der Waals surface area contributed by atoms with E-state index < -0.39 is 4.92 Å². The van der Waals surface area contributed by atoms with Crippen molar-refractivity contribution in [2.75, 3.05) is 0 Å². The first kappa shape index (κ1) is 11.4. The van der Waals surface area contributed by atoms with Gasteiger partial charge in [0, 0.05) is 18.7 Å². The predicted octanol–water partition coefficient (Wildman–Crippen LogP) is 2.04. The van der Waals surface area contributed by atoms with Gasteiger partial charge in [0.2, 0.25) is 0 Å². The molecule has 0 aliphatic heterocycles. The number of nitrogens with zero attached hydrogens (tertiary/aromatic N) is 2. The molecule has 0 aliphatic rings. The van der Waals surface area contributed by atoms with Crippen molar-refractivity contribution < 1.29 is 4.92 Å². The molecule has 0 aliphatic carbocycles. The van der Waals surface area contributed by atoms with Gasteiger partial charge < -0.3 is 0 Å². The van der Waals surface area contributed by atoms with Gasteiger partial charge in [0.1, 0.15) is 0 Å². The van der Waals surface area contributed by atoms with E-state index in [4.69, 9.17) is 0 Å². The van der Waals surface area contributed by atoms with Crippen LogP contribution in [0, 0.1) is 10.1 Å². The van der Waals surface area contributed by atoms with Crippen molar-refractivity contribution in [3.05, 3.63) is 38.7 Å². The molecule has 0 amide bonds. The Labute approximate surface area is 97.0 Å². The lowest BCUT2D eigenvalue weighted by Crippen LogP contribution is -2.05. The summed E-state index contributed by atoms with van der Waals surface area (Å²) in [7, 11) is 0. The third kappa shape index (κ3) is 2.06. The highest BCUT2D eigenvalue weighted by atomic mass is 16.6. The Morgan fingerprint density at radius 1 is 1.47 bits per heavy atom. The van der Waals surface area contributed by atoms with Crippen LogP contribution >= 0.6 is 0 Å². The minimum Gasteiger partial charge on any atom is -0.284 e. The summed E-state index contributed by atoms with van der Waals surface area (Å²) in [5.74, 6) is 0. The topological polar surface area (TPSA) is 80.9 Å². The highest BCUT2D eigenvalue weighted by molar-refractivity contribution is 5.80. The zero-order valence-electron chi connectivity index (χ0n) is 9.47. The molecule has 0 saturated heterocycles. The molecule has 0 saturated carbocycles. The quantitative estimate of drug-likeness (QED) is 0.650. The molecular weight excluding hydrogens is 222 g/mol. The van der Waals surface area contributed by atoms with E-state index in [0.29, 0.717) is 17.4 Å². The SMILES string of the molecule is CCCCn1[nH]c(=O)c2cc([N+](=O)[O-])ccc21. The zero-order chi connectivity index (χ0) is 12.4. The summed E-state index contributed by atoms with van der Waals surface area (Å²) in [6.45, 7) is 2.78. The second-order valence-electron chi connectivity index (χ2n) is 3.90. The Hall–Kier alpha value is -2.11. The summed E-state index contributed by atoms with van der Waals surface area (Å²) >= 11 is 0. The van der Waals surface area contributed by atoms with Crippen LogP contribution in [0.3, 0.4) is 0 Å². The maximum Gasteiger partial charge on any atom is 0.272 e. The molecule has 1 aromatic heterocycles. The maximum atomic E-state index is 11.6. The molecule has 1 heterocycles. The van der Waals surface area contributed by atoms with Crippen LogP contribution < -0.4 is 5.56 Å². The lowest BCUT2D eigenvalue weighted by Gasteiger charge is -2.02. The largest absolute Gasteiger partial charge is 0.284 e. The number of rotatable bonds is 4.